The normalized spacial score (nSPS) is 28.5. The number of rotatable bonds is 3. The van der Waals surface area contributed by atoms with Crippen LogP contribution in [0.25, 0.3) is 0 Å². The Hall–Kier alpha value is -1.39. The first-order chi connectivity index (χ1) is 11.8. The molecule has 0 saturated carbocycles. The van der Waals surface area contributed by atoms with E-state index in [0.717, 1.165) is 38.0 Å². The van der Waals surface area contributed by atoms with Crippen LogP contribution >= 0.6 is 0 Å². The molecule has 0 aromatic heterocycles. The van der Waals surface area contributed by atoms with Gasteiger partial charge in [-0.25, -0.2) is 0 Å². The number of piperidine rings is 2. The number of hydrogen-bond acceptors (Lipinski definition) is 3. The van der Waals surface area contributed by atoms with Crippen LogP contribution in [0, 0.1) is 0 Å². The second kappa shape index (κ2) is 7.24. The Bertz CT molecular complexity index is 565. The molecule has 130 valence electrons. The lowest BCUT2D eigenvalue weighted by Gasteiger charge is -2.35. The number of benzene rings is 1. The third-order valence-corrected chi connectivity index (χ3v) is 6.14. The fraction of sp³-hybridized carbons (Fsp3) is 0.650. The molecule has 1 aromatic rings. The standard InChI is InChI=1S/C20H29N3O/c24-20(22-18-9-13-23-12-1-2-19(23)14-18)17-5-3-15(4-6-17)16-7-10-21-11-8-16/h3-6,16,18-19,21H,1-2,7-14H2,(H,22,24). The SMILES string of the molecule is O=C(NC1CCN2CCCC2C1)c1ccc(C2CCNCC2)cc1. The quantitative estimate of drug-likeness (QED) is 0.896. The zero-order valence-electron chi connectivity index (χ0n) is 14.5. The first-order valence-corrected chi connectivity index (χ1v) is 9.65. The van der Waals surface area contributed by atoms with Crippen molar-refractivity contribution in [2.24, 2.45) is 0 Å². The van der Waals surface area contributed by atoms with Crippen LogP contribution in [0.1, 0.15) is 60.4 Å². The minimum atomic E-state index is 0.100. The fourth-order valence-electron chi connectivity index (χ4n) is 4.69. The first kappa shape index (κ1) is 16.1. The van der Waals surface area contributed by atoms with E-state index in [1.807, 2.05) is 12.1 Å². The predicted molar refractivity (Wildman–Crippen MR) is 96.4 cm³/mol. The monoisotopic (exact) mass is 327 g/mol. The van der Waals surface area contributed by atoms with Crippen LogP contribution in [-0.4, -0.2) is 49.1 Å². The molecule has 2 atom stereocenters. The summed E-state index contributed by atoms with van der Waals surface area (Å²) in [5.41, 5.74) is 2.19. The zero-order chi connectivity index (χ0) is 16.4. The molecule has 4 rings (SSSR count). The molecule has 4 heteroatoms. The summed E-state index contributed by atoms with van der Waals surface area (Å²) in [6.45, 7) is 4.60. The Labute approximate surface area is 145 Å². The van der Waals surface area contributed by atoms with Crippen LogP contribution in [0.4, 0.5) is 0 Å². The van der Waals surface area contributed by atoms with Crippen molar-refractivity contribution >= 4 is 5.91 Å². The third-order valence-electron chi connectivity index (χ3n) is 6.14. The van der Waals surface area contributed by atoms with Gasteiger partial charge in [0.2, 0.25) is 0 Å². The highest BCUT2D eigenvalue weighted by Crippen LogP contribution is 2.27. The maximum absolute atomic E-state index is 12.6. The highest BCUT2D eigenvalue weighted by atomic mass is 16.1. The van der Waals surface area contributed by atoms with E-state index in [9.17, 15) is 4.79 Å². The zero-order valence-corrected chi connectivity index (χ0v) is 14.5. The van der Waals surface area contributed by atoms with Crippen molar-refractivity contribution in [1.82, 2.24) is 15.5 Å². The summed E-state index contributed by atoms with van der Waals surface area (Å²) in [6.07, 6.45) is 7.24. The summed E-state index contributed by atoms with van der Waals surface area (Å²) in [5, 5.41) is 6.68. The molecule has 0 spiro atoms. The van der Waals surface area contributed by atoms with Crippen LogP contribution in [-0.2, 0) is 0 Å². The van der Waals surface area contributed by atoms with Gasteiger partial charge in [-0.3, -0.25) is 4.79 Å². The van der Waals surface area contributed by atoms with Crippen molar-refractivity contribution in [3.05, 3.63) is 35.4 Å². The van der Waals surface area contributed by atoms with E-state index >= 15 is 0 Å². The van der Waals surface area contributed by atoms with Crippen LogP contribution in [0.3, 0.4) is 0 Å². The first-order valence-electron chi connectivity index (χ1n) is 9.65. The van der Waals surface area contributed by atoms with Gasteiger partial charge >= 0.3 is 0 Å². The molecule has 0 aliphatic carbocycles. The largest absolute Gasteiger partial charge is 0.349 e. The molecule has 1 amide bonds. The molecule has 0 bridgehead atoms. The van der Waals surface area contributed by atoms with Gasteiger partial charge in [-0.05, 0) is 81.8 Å². The molecule has 3 aliphatic heterocycles. The van der Waals surface area contributed by atoms with E-state index in [2.05, 4.69) is 27.7 Å². The molecular weight excluding hydrogens is 298 g/mol. The van der Waals surface area contributed by atoms with Gasteiger partial charge in [0, 0.05) is 24.2 Å². The van der Waals surface area contributed by atoms with Crippen molar-refractivity contribution in [1.29, 1.82) is 0 Å². The van der Waals surface area contributed by atoms with Gasteiger partial charge in [-0.1, -0.05) is 12.1 Å². The summed E-state index contributed by atoms with van der Waals surface area (Å²) in [6, 6.07) is 9.39. The van der Waals surface area contributed by atoms with Gasteiger partial charge in [0.15, 0.2) is 0 Å². The molecule has 3 saturated heterocycles. The van der Waals surface area contributed by atoms with E-state index < -0.39 is 0 Å². The smallest absolute Gasteiger partial charge is 0.251 e. The summed E-state index contributed by atoms with van der Waals surface area (Å²) < 4.78 is 0. The summed E-state index contributed by atoms with van der Waals surface area (Å²) in [4.78, 5) is 15.2. The molecule has 4 nitrogen and oxygen atoms in total. The lowest BCUT2D eigenvalue weighted by Crippen LogP contribution is -2.47. The number of hydrogen-bond donors (Lipinski definition) is 2. The number of fused-ring (bicyclic) bond motifs is 1. The third kappa shape index (κ3) is 3.50. The molecular formula is C20H29N3O. The lowest BCUT2D eigenvalue weighted by atomic mass is 9.90. The van der Waals surface area contributed by atoms with E-state index in [0.29, 0.717) is 18.0 Å². The van der Waals surface area contributed by atoms with E-state index in [-0.39, 0.29) is 5.91 Å². The molecule has 0 radical (unpaired) electrons. The summed E-state index contributed by atoms with van der Waals surface area (Å²) in [7, 11) is 0. The second-order valence-electron chi connectivity index (χ2n) is 7.67. The van der Waals surface area contributed by atoms with Crippen molar-refractivity contribution in [3.8, 4) is 0 Å². The van der Waals surface area contributed by atoms with Gasteiger partial charge in [-0.15, -0.1) is 0 Å². The van der Waals surface area contributed by atoms with Crippen molar-refractivity contribution < 1.29 is 4.79 Å². The van der Waals surface area contributed by atoms with Crippen LogP contribution in [0.5, 0.6) is 0 Å². The lowest BCUT2D eigenvalue weighted by molar-refractivity contribution is 0.0896. The summed E-state index contributed by atoms with van der Waals surface area (Å²) >= 11 is 0. The maximum Gasteiger partial charge on any atom is 0.251 e. The molecule has 3 aliphatic rings. The molecule has 2 unspecified atom stereocenters. The summed E-state index contributed by atoms with van der Waals surface area (Å²) in [5.74, 6) is 0.748. The number of nitrogens with zero attached hydrogens (tertiary/aromatic N) is 1. The molecule has 3 fully saturated rings. The second-order valence-corrected chi connectivity index (χ2v) is 7.67. The number of amides is 1. The van der Waals surface area contributed by atoms with Gasteiger partial charge < -0.3 is 15.5 Å². The highest BCUT2D eigenvalue weighted by Gasteiger charge is 2.32. The van der Waals surface area contributed by atoms with E-state index in [1.165, 1.54) is 37.8 Å². The van der Waals surface area contributed by atoms with Gasteiger partial charge in [0.25, 0.3) is 5.91 Å². The van der Waals surface area contributed by atoms with Crippen molar-refractivity contribution in [2.75, 3.05) is 26.2 Å². The topological polar surface area (TPSA) is 44.4 Å². The Kier molecular flexibility index (Phi) is 4.86. The Morgan fingerprint density at radius 2 is 1.83 bits per heavy atom. The van der Waals surface area contributed by atoms with Crippen LogP contribution < -0.4 is 10.6 Å². The average molecular weight is 327 g/mol. The number of carbonyl (C=O) groups excluding carboxylic acids is 1. The minimum Gasteiger partial charge on any atom is -0.349 e. The minimum absolute atomic E-state index is 0.100. The Morgan fingerprint density at radius 1 is 1.04 bits per heavy atom. The van der Waals surface area contributed by atoms with Crippen LogP contribution in [0.2, 0.25) is 0 Å². The van der Waals surface area contributed by atoms with E-state index in [1.54, 1.807) is 0 Å². The van der Waals surface area contributed by atoms with Gasteiger partial charge in [0.05, 0.1) is 0 Å². The molecule has 1 aromatic carbocycles. The number of nitrogens with one attached hydrogen (secondary N) is 2. The average Bonchev–Trinajstić information content (AvgIpc) is 3.10. The number of carbonyl (C=O) groups is 1. The fourth-order valence-corrected chi connectivity index (χ4v) is 4.69. The highest BCUT2D eigenvalue weighted by molar-refractivity contribution is 5.94. The Morgan fingerprint density at radius 3 is 2.62 bits per heavy atom. The van der Waals surface area contributed by atoms with Gasteiger partial charge in [0.1, 0.15) is 0 Å². The van der Waals surface area contributed by atoms with Gasteiger partial charge in [-0.2, -0.15) is 0 Å². The molecule has 3 heterocycles. The predicted octanol–water partition coefficient (Wildman–Crippen LogP) is 2.51. The molecule has 24 heavy (non-hydrogen) atoms. The van der Waals surface area contributed by atoms with Crippen molar-refractivity contribution in [2.45, 2.75) is 56.5 Å². The van der Waals surface area contributed by atoms with Crippen LogP contribution in [0.15, 0.2) is 24.3 Å². The van der Waals surface area contributed by atoms with E-state index in [4.69, 9.17) is 0 Å². The Balaban J connectivity index is 1.34. The molecule has 2 N–H and O–H groups in total. The maximum atomic E-state index is 12.6. The van der Waals surface area contributed by atoms with Crippen molar-refractivity contribution in [3.63, 3.8) is 0 Å².